The summed E-state index contributed by atoms with van der Waals surface area (Å²) in [5.74, 6) is -8.58. The molecule has 14 heteroatoms. The van der Waals surface area contributed by atoms with Gasteiger partial charge in [0.2, 0.25) is 5.79 Å². The van der Waals surface area contributed by atoms with E-state index < -0.39 is 95.9 Å². The van der Waals surface area contributed by atoms with Crippen molar-refractivity contribution in [2.45, 2.75) is 173 Å². The fourth-order valence-electron chi connectivity index (χ4n) is 9.45. The van der Waals surface area contributed by atoms with Crippen molar-refractivity contribution in [2.75, 3.05) is 27.4 Å². The third-order valence-electron chi connectivity index (χ3n) is 13.3. The molecule has 4 N–H and O–H groups in total. The van der Waals surface area contributed by atoms with Crippen LogP contribution in [0.4, 0.5) is 0 Å². The molecule has 4 rings (SSSR count). The van der Waals surface area contributed by atoms with Crippen LogP contribution < -0.4 is 0 Å². The predicted molar refractivity (Wildman–Crippen MR) is 214 cm³/mol. The van der Waals surface area contributed by atoms with E-state index in [4.69, 9.17) is 23.7 Å². The van der Waals surface area contributed by atoms with Crippen molar-refractivity contribution in [3.63, 3.8) is 0 Å². The summed E-state index contributed by atoms with van der Waals surface area (Å²) in [6, 6.07) is -1.16. The van der Waals surface area contributed by atoms with E-state index in [0.717, 1.165) is 4.90 Å². The lowest BCUT2D eigenvalue weighted by Crippen LogP contribution is -2.64. The van der Waals surface area contributed by atoms with Crippen molar-refractivity contribution in [1.29, 1.82) is 0 Å². The van der Waals surface area contributed by atoms with Gasteiger partial charge in [-0.15, -0.1) is 0 Å². The summed E-state index contributed by atoms with van der Waals surface area (Å²) in [4.78, 5) is 57.8. The average Bonchev–Trinajstić information content (AvgIpc) is 3.21. The van der Waals surface area contributed by atoms with Gasteiger partial charge in [0.05, 0.1) is 36.6 Å². The maximum Gasteiger partial charge on any atom is 0.329 e. The van der Waals surface area contributed by atoms with E-state index in [9.17, 15) is 39.6 Å². The Labute approximate surface area is 344 Å². The molecule has 3 fully saturated rings. The minimum atomic E-state index is -2.57. The molecule has 15 unspecified atom stereocenters. The molecule has 1 aliphatic carbocycles. The van der Waals surface area contributed by atoms with Gasteiger partial charge in [-0.1, -0.05) is 39.8 Å². The molecule has 0 aromatic rings. The zero-order valence-electron chi connectivity index (χ0n) is 36.1. The molecule has 0 aromatic heterocycles. The lowest BCUT2D eigenvalue weighted by molar-refractivity contribution is -0.302. The summed E-state index contributed by atoms with van der Waals surface area (Å²) in [7, 11) is 2.94. The van der Waals surface area contributed by atoms with Gasteiger partial charge in [-0.05, 0) is 102 Å². The Morgan fingerprint density at radius 3 is 2.24 bits per heavy atom. The summed E-state index contributed by atoms with van der Waals surface area (Å²) in [6.45, 7) is 12.9. The standard InChI is InChI=1S/C44H71NO13/c1-10-30-19-24(3)38(49)25(4)20-36(54-8)40-37(55-9)21-27(6)44(53,58-40)41(50)42(51)45-17-13-12-14-31(45)43(52)57-39(28(7)33(47)23-34(30)48)26(5)18-29-15-16-32(46)35(22-29)56-11-2/h18-19,25,27-33,35-40,46-47,49,53H,10-17,20-23H2,1-9H3/b24-19+,26-18?. The highest BCUT2D eigenvalue weighted by Gasteiger charge is 2.56. The van der Waals surface area contributed by atoms with Crippen LogP contribution in [0.2, 0.25) is 0 Å². The Hall–Kier alpha value is -2.56. The van der Waals surface area contributed by atoms with Crippen LogP contribution in [0.15, 0.2) is 23.3 Å². The molecule has 58 heavy (non-hydrogen) atoms. The van der Waals surface area contributed by atoms with E-state index in [1.807, 2.05) is 26.8 Å². The first-order valence-electron chi connectivity index (χ1n) is 21.5. The van der Waals surface area contributed by atoms with Crippen molar-refractivity contribution in [1.82, 2.24) is 4.90 Å². The smallest absolute Gasteiger partial charge is 0.329 e. The fraction of sp³-hybridized carbons (Fsp3) is 0.818. The largest absolute Gasteiger partial charge is 0.456 e. The van der Waals surface area contributed by atoms with Gasteiger partial charge in [-0.2, -0.15) is 0 Å². The van der Waals surface area contributed by atoms with Crippen LogP contribution in [0, 0.1) is 29.6 Å². The highest BCUT2D eigenvalue weighted by molar-refractivity contribution is 6.39. The van der Waals surface area contributed by atoms with Gasteiger partial charge in [0.15, 0.2) is 0 Å². The van der Waals surface area contributed by atoms with E-state index in [1.54, 1.807) is 33.8 Å². The topological polar surface area (TPSA) is 199 Å². The normalized spacial score (nSPS) is 41.8. The minimum absolute atomic E-state index is 0.0241. The number of aliphatic hydroxyl groups excluding tert-OH is 3. The number of piperidine rings is 1. The van der Waals surface area contributed by atoms with Gasteiger partial charge < -0.3 is 49.0 Å². The van der Waals surface area contributed by atoms with Crippen LogP contribution in [0.5, 0.6) is 0 Å². The van der Waals surface area contributed by atoms with Crippen LogP contribution >= 0.6 is 0 Å². The van der Waals surface area contributed by atoms with Crippen LogP contribution in [-0.4, -0.2) is 137 Å². The molecule has 330 valence electrons. The Morgan fingerprint density at radius 2 is 1.60 bits per heavy atom. The first-order chi connectivity index (χ1) is 27.4. The summed E-state index contributed by atoms with van der Waals surface area (Å²) in [5, 5.41) is 45.8. The molecule has 15 atom stereocenters. The number of fused-ring (bicyclic) bond motifs is 3. The number of methoxy groups -OCH3 is 2. The molecule has 0 aromatic carbocycles. The number of esters is 1. The molecular weight excluding hydrogens is 750 g/mol. The van der Waals surface area contributed by atoms with Crippen molar-refractivity contribution in [3.05, 3.63) is 23.3 Å². The molecule has 4 aliphatic rings. The lowest BCUT2D eigenvalue weighted by atomic mass is 9.81. The second kappa shape index (κ2) is 21.3. The number of hydrogen-bond donors (Lipinski definition) is 4. The number of nitrogens with zero attached hydrogens (tertiary/aromatic N) is 1. The summed E-state index contributed by atoms with van der Waals surface area (Å²) < 4.78 is 29.9. The molecule has 3 heterocycles. The van der Waals surface area contributed by atoms with E-state index >= 15 is 0 Å². The lowest BCUT2D eigenvalue weighted by Gasteiger charge is -2.47. The highest BCUT2D eigenvalue weighted by Crippen LogP contribution is 2.39. The van der Waals surface area contributed by atoms with Gasteiger partial charge in [-0.3, -0.25) is 14.4 Å². The number of cyclic esters (lactones) is 1. The number of ether oxygens (including phenoxy) is 5. The summed E-state index contributed by atoms with van der Waals surface area (Å²) in [6.07, 6.45) is 0.675. The van der Waals surface area contributed by atoms with Crippen molar-refractivity contribution >= 4 is 23.4 Å². The van der Waals surface area contributed by atoms with Gasteiger partial charge >= 0.3 is 5.97 Å². The van der Waals surface area contributed by atoms with Crippen LogP contribution in [-0.2, 0) is 42.9 Å². The molecular formula is C44H71NO13. The third-order valence-corrected chi connectivity index (χ3v) is 13.3. The summed E-state index contributed by atoms with van der Waals surface area (Å²) in [5.41, 5.74) is 1.19. The number of amides is 1. The monoisotopic (exact) mass is 821 g/mol. The highest BCUT2D eigenvalue weighted by atomic mass is 16.7. The fourth-order valence-corrected chi connectivity index (χ4v) is 9.45. The van der Waals surface area contributed by atoms with Crippen LogP contribution in [0.3, 0.4) is 0 Å². The quantitative estimate of drug-likeness (QED) is 0.164. The Morgan fingerprint density at radius 1 is 0.931 bits per heavy atom. The van der Waals surface area contributed by atoms with Crippen LogP contribution in [0.1, 0.15) is 113 Å². The van der Waals surface area contributed by atoms with Crippen molar-refractivity contribution in [3.8, 4) is 0 Å². The van der Waals surface area contributed by atoms with E-state index in [0.29, 0.717) is 56.3 Å². The number of ketones is 2. The zero-order chi connectivity index (χ0) is 43.1. The Bertz CT molecular complexity index is 1480. The summed E-state index contributed by atoms with van der Waals surface area (Å²) >= 11 is 0. The maximum atomic E-state index is 14.3. The first kappa shape index (κ1) is 48.1. The Balaban J connectivity index is 1.78. The second-order valence-corrected chi connectivity index (χ2v) is 17.4. The number of aliphatic hydroxyl groups is 4. The van der Waals surface area contributed by atoms with Gasteiger partial charge in [0.1, 0.15) is 24.0 Å². The molecule has 14 nitrogen and oxygen atoms in total. The van der Waals surface area contributed by atoms with E-state index in [-0.39, 0.29) is 50.0 Å². The minimum Gasteiger partial charge on any atom is -0.456 e. The number of allylic oxidation sites excluding steroid dienone is 2. The van der Waals surface area contributed by atoms with Gasteiger partial charge in [0, 0.05) is 51.5 Å². The van der Waals surface area contributed by atoms with Crippen molar-refractivity contribution in [2.24, 2.45) is 29.6 Å². The number of Topliss-reactive ketones (excluding diaryl/α,β-unsaturated/α-hetero) is 2. The number of carbonyl (C=O) groups is 4. The van der Waals surface area contributed by atoms with Gasteiger partial charge in [-0.25, -0.2) is 4.79 Å². The molecule has 0 spiro atoms. The number of carbonyl (C=O) groups excluding carboxylic acids is 4. The van der Waals surface area contributed by atoms with Crippen molar-refractivity contribution < 1.29 is 63.3 Å². The zero-order valence-corrected chi connectivity index (χ0v) is 36.1. The number of rotatable bonds is 7. The second-order valence-electron chi connectivity index (χ2n) is 17.4. The van der Waals surface area contributed by atoms with E-state index in [2.05, 4.69) is 0 Å². The predicted octanol–water partition coefficient (Wildman–Crippen LogP) is 3.83. The average molecular weight is 822 g/mol. The maximum absolute atomic E-state index is 14.3. The molecule has 2 bridgehead atoms. The molecule has 2 saturated heterocycles. The van der Waals surface area contributed by atoms with Crippen LogP contribution in [0.25, 0.3) is 0 Å². The SMILES string of the molecule is CCOC1CC(C=C(C)C2OC(=O)C3CCCCN3C(=O)C(=O)C3(O)OC(C(OC)CC(C)C(O)/C(C)=C/C(CC)C(=O)CC(O)C2C)C(OC)CC3C)CCC1O. The van der Waals surface area contributed by atoms with E-state index in [1.165, 1.54) is 14.2 Å². The third kappa shape index (κ3) is 11.0. The Kier molecular flexibility index (Phi) is 17.7. The van der Waals surface area contributed by atoms with Gasteiger partial charge in [0.25, 0.3) is 11.7 Å². The molecule has 0 radical (unpaired) electrons. The molecule has 3 aliphatic heterocycles. The first-order valence-corrected chi connectivity index (χ1v) is 21.5. The molecule has 1 amide bonds. The number of hydrogen-bond acceptors (Lipinski definition) is 13. The molecule has 1 saturated carbocycles.